The molecule has 0 spiro atoms. The number of aryl methyl sites for hydroxylation is 1. The van der Waals surface area contributed by atoms with Gasteiger partial charge in [-0.25, -0.2) is 9.37 Å². The van der Waals surface area contributed by atoms with Crippen LogP contribution in [0.1, 0.15) is 48.9 Å². The fourth-order valence-electron chi connectivity index (χ4n) is 3.94. The lowest BCUT2D eigenvalue weighted by Gasteiger charge is -2.39. The van der Waals surface area contributed by atoms with Gasteiger partial charge in [0.25, 0.3) is 5.91 Å². The molecule has 3 atom stereocenters. The van der Waals surface area contributed by atoms with Crippen molar-refractivity contribution in [1.29, 1.82) is 0 Å². The smallest absolute Gasteiger partial charge is 0.264 e. The predicted molar refractivity (Wildman–Crippen MR) is 98.8 cm³/mol. The van der Waals surface area contributed by atoms with Gasteiger partial charge in [0, 0.05) is 18.5 Å². The second kappa shape index (κ2) is 7.12. The second-order valence-corrected chi connectivity index (χ2v) is 8.27. The summed E-state index contributed by atoms with van der Waals surface area (Å²) in [6, 6.07) is 6.52. The molecule has 1 aromatic heterocycles. The zero-order chi connectivity index (χ0) is 18.3. The van der Waals surface area contributed by atoms with Gasteiger partial charge >= 0.3 is 0 Å². The van der Waals surface area contributed by atoms with Crippen molar-refractivity contribution in [2.24, 2.45) is 5.92 Å². The van der Waals surface area contributed by atoms with Crippen molar-refractivity contribution in [3.8, 4) is 0 Å². The number of halogens is 1. The number of thioether (sulfide) groups is 1. The summed E-state index contributed by atoms with van der Waals surface area (Å²) in [6.07, 6.45) is 2.94. The van der Waals surface area contributed by atoms with Crippen LogP contribution >= 0.6 is 11.8 Å². The highest BCUT2D eigenvalue weighted by atomic mass is 32.2. The number of piperidine rings is 1. The zero-order valence-corrected chi connectivity index (χ0v) is 15.9. The first-order valence-corrected chi connectivity index (χ1v) is 10.1. The molecule has 0 radical (unpaired) electrons. The van der Waals surface area contributed by atoms with E-state index in [0.29, 0.717) is 28.9 Å². The second-order valence-electron chi connectivity index (χ2n) is 7.16. The molecule has 3 unspecified atom stereocenters. The Labute approximate surface area is 157 Å². The molecule has 138 valence electrons. The maximum atomic E-state index is 14.7. The molecule has 1 saturated heterocycles. The van der Waals surface area contributed by atoms with Gasteiger partial charge in [0.15, 0.2) is 11.0 Å². The van der Waals surface area contributed by atoms with E-state index in [4.69, 9.17) is 0 Å². The van der Waals surface area contributed by atoms with Gasteiger partial charge in [0.2, 0.25) is 0 Å². The van der Waals surface area contributed by atoms with Crippen molar-refractivity contribution >= 4 is 17.7 Å². The summed E-state index contributed by atoms with van der Waals surface area (Å²) in [7, 11) is 0. The van der Waals surface area contributed by atoms with Gasteiger partial charge in [-0.15, -0.1) is 5.10 Å². The number of benzene rings is 1. The van der Waals surface area contributed by atoms with Crippen LogP contribution in [-0.4, -0.2) is 43.9 Å². The van der Waals surface area contributed by atoms with E-state index in [0.717, 1.165) is 19.5 Å². The number of aromatic nitrogens is 3. The van der Waals surface area contributed by atoms with Crippen LogP contribution in [0.25, 0.3) is 0 Å². The third-order valence-corrected chi connectivity index (χ3v) is 6.40. The van der Waals surface area contributed by atoms with Crippen molar-refractivity contribution in [2.45, 2.75) is 49.6 Å². The molecule has 0 bridgehead atoms. The fraction of sp³-hybridized carbons (Fsp3) is 0.526. The zero-order valence-electron chi connectivity index (χ0n) is 15.1. The fourth-order valence-corrected chi connectivity index (χ4v) is 5.20. The van der Waals surface area contributed by atoms with Gasteiger partial charge in [0.1, 0.15) is 11.1 Å². The van der Waals surface area contributed by atoms with Crippen LogP contribution in [0.2, 0.25) is 0 Å². The molecule has 2 aliphatic heterocycles. The van der Waals surface area contributed by atoms with Gasteiger partial charge in [-0.3, -0.25) is 9.69 Å². The van der Waals surface area contributed by atoms with E-state index < -0.39 is 5.25 Å². The van der Waals surface area contributed by atoms with Crippen molar-refractivity contribution < 1.29 is 9.18 Å². The third-order valence-electron chi connectivity index (χ3n) is 5.21. The van der Waals surface area contributed by atoms with Crippen LogP contribution in [-0.2, 0) is 6.42 Å². The molecule has 2 aromatic rings. The van der Waals surface area contributed by atoms with Gasteiger partial charge in [0.05, 0.1) is 6.04 Å². The van der Waals surface area contributed by atoms with Crippen LogP contribution in [0, 0.1) is 11.7 Å². The quantitative estimate of drug-likeness (QED) is 0.819. The topological polar surface area (TPSA) is 51.0 Å². The summed E-state index contributed by atoms with van der Waals surface area (Å²) in [5.41, 5.74) is 0.592. The van der Waals surface area contributed by atoms with E-state index >= 15 is 0 Å². The number of nitrogens with zero attached hydrogens (tertiary/aromatic N) is 4. The summed E-state index contributed by atoms with van der Waals surface area (Å²) in [5, 5.41) is 4.53. The van der Waals surface area contributed by atoms with Crippen molar-refractivity contribution in [3.05, 3.63) is 41.5 Å². The summed E-state index contributed by atoms with van der Waals surface area (Å²) >= 11 is 1.42. The van der Waals surface area contributed by atoms with E-state index in [1.54, 1.807) is 12.1 Å². The highest BCUT2D eigenvalue weighted by Crippen LogP contribution is 2.42. The number of likely N-dealkylation sites (tertiary alicyclic amines) is 1. The molecule has 4 rings (SSSR count). The lowest BCUT2D eigenvalue weighted by atomic mass is 9.94. The minimum Gasteiger partial charge on any atom is -0.294 e. The molecule has 5 nitrogen and oxygen atoms in total. The molecule has 3 heterocycles. The maximum Gasteiger partial charge on any atom is 0.264 e. The third kappa shape index (κ3) is 3.07. The van der Waals surface area contributed by atoms with Crippen LogP contribution < -0.4 is 0 Å². The normalized spacial score (nSPS) is 24.7. The average molecular weight is 374 g/mol. The molecule has 0 saturated carbocycles. The SMILES string of the molecule is CCc1nc2n(n1)C(=O)C(C(c1ccccc1F)N1CCCC(C)C1)S2. The maximum absolute atomic E-state index is 14.7. The van der Waals surface area contributed by atoms with E-state index in [9.17, 15) is 9.18 Å². The van der Waals surface area contributed by atoms with Crippen LogP contribution in [0.3, 0.4) is 0 Å². The highest BCUT2D eigenvalue weighted by Gasteiger charge is 2.44. The van der Waals surface area contributed by atoms with E-state index in [2.05, 4.69) is 21.9 Å². The molecule has 1 aromatic carbocycles. The van der Waals surface area contributed by atoms with Gasteiger partial charge in [-0.05, 0) is 31.4 Å². The molecule has 0 N–H and O–H groups in total. The number of carbonyl (C=O) groups is 1. The monoisotopic (exact) mass is 374 g/mol. The standard InChI is InChI=1S/C19H23FN4OS/c1-3-15-21-19-24(22-15)18(25)17(26-19)16(13-8-4-5-9-14(13)20)23-10-6-7-12(2)11-23/h4-5,8-9,12,16-17H,3,6-7,10-11H2,1-2H3. The Hall–Kier alpha value is -1.73. The Bertz CT molecular complexity index is 824. The van der Waals surface area contributed by atoms with Gasteiger partial charge in [-0.1, -0.05) is 43.8 Å². The summed E-state index contributed by atoms with van der Waals surface area (Å²) < 4.78 is 16.1. The molecule has 26 heavy (non-hydrogen) atoms. The molecular weight excluding hydrogens is 351 g/mol. The number of rotatable bonds is 4. The summed E-state index contributed by atoms with van der Waals surface area (Å²) in [6.45, 7) is 5.94. The van der Waals surface area contributed by atoms with Crippen molar-refractivity contribution in [3.63, 3.8) is 0 Å². The molecule has 0 amide bonds. The van der Waals surface area contributed by atoms with Crippen molar-refractivity contribution in [2.75, 3.05) is 13.1 Å². The van der Waals surface area contributed by atoms with Crippen LogP contribution in [0.15, 0.2) is 29.4 Å². The van der Waals surface area contributed by atoms with E-state index in [1.807, 2.05) is 13.0 Å². The Kier molecular flexibility index (Phi) is 4.84. The number of carbonyl (C=O) groups excluding carboxylic acids is 1. The largest absolute Gasteiger partial charge is 0.294 e. The number of hydrogen-bond donors (Lipinski definition) is 0. The minimum absolute atomic E-state index is 0.0938. The number of fused-ring (bicyclic) bond motifs is 1. The first kappa shape index (κ1) is 17.7. The van der Waals surface area contributed by atoms with Crippen molar-refractivity contribution in [1.82, 2.24) is 19.7 Å². The summed E-state index contributed by atoms with van der Waals surface area (Å²) in [5.74, 6) is 0.870. The Morgan fingerprint density at radius 3 is 2.88 bits per heavy atom. The van der Waals surface area contributed by atoms with Gasteiger partial charge < -0.3 is 0 Å². The Morgan fingerprint density at radius 2 is 2.19 bits per heavy atom. The van der Waals surface area contributed by atoms with Gasteiger partial charge in [-0.2, -0.15) is 4.68 Å². The van der Waals surface area contributed by atoms with E-state index in [1.165, 1.54) is 28.9 Å². The predicted octanol–water partition coefficient (Wildman–Crippen LogP) is 3.57. The lowest BCUT2D eigenvalue weighted by Crippen LogP contribution is -2.44. The summed E-state index contributed by atoms with van der Waals surface area (Å²) in [4.78, 5) is 19.8. The first-order valence-electron chi connectivity index (χ1n) is 9.23. The van der Waals surface area contributed by atoms with Crippen LogP contribution in [0.4, 0.5) is 4.39 Å². The minimum atomic E-state index is -0.418. The molecule has 2 aliphatic rings. The highest BCUT2D eigenvalue weighted by molar-refractivity contribution is 8.00. The average Bonchev–Trinajstić information content (AvgIpc) is 3.17. The molecule has 1 fully saturated rings. The first-order chi connectivity index (χ1) is 12.6. The molecule has 0 aliphatic carbocycles. The number of hydrogen-bond acceptors (Lipinski definition) is 5. The lowest BCUT2D eigenvalue weighted by molar-refractivity contribution is 0.0783. The molecular formula is C19H23FN4OS. The Morgan fingerprint density at radius 1 is 1.38 bits per heavy atom. The van der Waals surface area contributed by atoms with E-state index in [-0.39, 0.29) is 17.8 Å². The van der Waals surface area contributed by atoms with Crippen LogP contribution in [0.5, 0.6) is 0 Å². The Balaban J connectivity index is 1.71. The molecule has 7 heteroatoms.